The van der Waals surface area contributed by atoms with Crippen LogP contribution in [0.15, 0.2) is 23.2 Å². The van der Waals surface area contributed by atoms with E-state index in [0.29, 0.717) is 12.3 Å². The van der Waals surface area contributed by atoms with Crippen molar-refractivity contribution in [1.82, 2.24) is 4.90 Å². The number of thiol groups is 1. The lowest BCUT2D eigenvalue weighted by atomic mass is 10.0. The highest BCUT2D eigenvalue weighted by Gasteiger charge is 2.31. The van der Waals surface area contributed by atoms with E-state index >= 15 is 0 Å². The molecule has 124 valence electrons. The van der Waals surface area contributed by atoms with Gasteiger partial charge >= 0.3 is 12.1 Å². The first-order valence-corrected chi connectivity index (χ1v) is 7.02. The van der Waals surface area contributed by atoms with Gasteiger partial charge < -0.3 is 9.64 Å². The zero-order chi connectivity index (χ0) is 17.5. The average molecular weight is 345 g/mol. The minimum absolute atomic E-state index is 0.0232. The fraction of sp³-hybridized carbons (Fsp3) is 0.357. The summed E-state index contributed by atoms with van der Waals surface area (Å²) in [5.41, 5.74) is -0.726. The summed E-state index contributed by atoms with van der Waals surface area (Å²) < 4.78 is 43.2. The Balaban J connectivity index is 3.25. The van der Waals surface area contributed by atoms with Crippen molar-refractivity contribution in [3.05, 3.63) is 34.9 Å². The number of aliphatic imine (C=N–C) groups is 1. The molecule has 0 aromatic heterocycles. The molecule has 0 atom stereocenters. The molecule has 9 heteroatoms. The number of nitriles is 1. The molecule has 0 heterocycles. The standard InChI is InChI=1S/C14H14F3N3O2S/c1-22-13(21)12-3-2-11(14(15,16)17)6-10(12)7-20(4-5-23)9-19-8-18/h2-3,6,9,23H,4-5,7H2,1H3. The van der Waals surface area contributed by atoms with Gasteiger partial charge in [-0.1, -0.05) is 0 Å². The van der Waals surface area contributed by atoms with Gasteiger partial charge in [0.15, 0.2) is 0 Å². The van der Waals surface area contributed by atoms with Crippen molar-refractivity contribution in [2.75, 3.05) is 19.4 Å². The summed E-state index contributed by atoms with van der Waals surface area (Å²) in [4.78, 5) is 16.6. The van der Waals surface area contributed by atoms with Crippen molar-refractivity contribution in [2.45, 2.75) is 12.7 Å². The van der Waals surface area contributed by atoms with Gasteiger partial charge in [0.1, 0.15) is 6.34 Å². The molecule has 0 saturated carbocycles. The van der Waals surface area contributed by atoms with E-state index in [1.165, 1.54) is 11.2 Å². The molecule has 0 unspecified atom stereocenters. The van der Waals surface area contributed by atoms with Crippen LogP contribution in [0.5, 0.6) is 0 Å². The number of halogens is 3. The fourth-order valence-corrected chi connectivity index (χ4v) is 2.10. The molecule has 0 fully saturated rings. The maximum atomic E-state index is 12.9. The highest BCUT2D eigenvalue weighted by molar-refractivity contribution is 7.80. The van der Waals surface area contributed by atoms with Crippen molar-refractivity contribution < 1.29 is 22.7 Å². The first kappa shape index (κ1) is 18.8. The number of nitrogens with zero attached hydrogens (tertiary/aromatic N) is 3. The van der Waals surface area contributed by atoms with E-state index in [1.807, 2.05) is 0 Å². The van der Waals surface area contributed by atoms with Crippen molar-refractivity contribution in [3.8, 4) is 6.19 Å². The second kappa shape index (κ2) is 8.43. The molecule has 0 amide bonds. The Morgan fingerprint density at radius 3 is 2.74 bits per heavy atom. The van der Waals surface area contributed by atoms with Gasteiger partial charge in [-0.15, -0.1) is 0 Å². The normalized spacial score (nSPS) is 11.3. The third kappa shape index (κ3) is 5.49. The van der Waals surface area contributed by atoms with Gasteiger partial charge in [0, 0.05) is 18.8 Å². The predicted molar refractivity (Wildman–Crippen MR) is 81.2 cm³/mol. The van der Waals surface area contributed by atoms with E-state index in [9.17, 15) is 18.0 Å². The zero-order valence-corrected chi connectivity index (χ0v) is 13.1. The molecule has 0 N–H and O–H groups in total. The highest BCUT2D eigenvalue weighted by atomic mass is 32.1. The van der Waals surface area contributed by atoms with Crippen molar-refractivity contribution in [2.24, 2.45) is 4.99 Å². The SMILES string of the molecule is COC(=O)c1ccc(C(F)(F)F)cc1CN(C=NC#N)CCS. The van der Waals surface area contributed by atoms with Crippen LogP contribution >= 0.6 is 12.6 Å². The number of hydrogen-bond acceptors (Lipinski definition) is 5. The number of hydrogen-bond donors (Lipinski definition) is 1. The lowest BCUT2D eigenvalue weighted by Gasteiger charge is -2.20. The Morgan fingerprint density at radius 1 is 1.52 bits per heavy atom. The molecule has 0 aliphatic carbocycles. The Bertz CT molecular complexity index is 627. The van der Waals surface area contributed by atoms with Crippen LogP contribution in [0.25, 0.3) is 0 Å². The average Bonchev–Trinajstić information content (AvgIpc) is 2.51. The number of benzene rings is 1. The Labute approximate surface area is 136 Å². The summed E-state index contributed by atoms with van der Waals surface area (Å²) in [5, 5.41) is 8.46. The molecule has 0 saturated heterocycles. The molecule has 1 rings (SSSR count). The van der Waals surface area contributed by atoms with Gasteiger partial charge in [0.2, 0.25) is 6.19 Å². The Kier molecular flexibility index (Phi) is 6.90. The summed E-state index contributed by atoms with van der Waals surface area (Å²) in [6.07, 6.45) is -1.78. The smallest absolute Gasteiger partial charge is 0.416 e. The summed E-state index contributed by atoms with van der Waals surface area (Å²) >= 11 is 4.04. The van der Waals surface area contributed by atoms with E-state index in [4.69, 9.17) is 5.26 Å². The fourth-order valence-electron chi connectivity index (χ4n) is 1.84. The van der Waals surface area contributed by atoms with Gasteiger partial charge in [-0.05, 0) is 23.8 Å². The maximum absolute atomic E-state index is 12.9. The quantitative estimate of drug-likeness (QED) is 0.283. The van der Waals surface area contributed by atoms with Gasteiger partial charge in [-0.2, -0.15) is 36.1 Å². The first-order chi connectivity index (χ1) is 10.8. The third-order valence-corrected chi connectivity index (χ3v) is 3.08. The van der Waals surface area contributed by atoms with Crippen molar-refractivity contribution >= 4 is 24.9 Å². The number of methoxy groups -OCH3 is 1. The number of esters is 1. The maximum Gasteiger partial charge on any atom is 0.416 e. The van der Waals surface area contributed by atoms with Crippen LogP contribution in [0.1, 0.15) is 21.5 Å². The number of ether oxygens (including phenoxy) is 1. The van der Waals surface area contributed by atoms with E-state index in [0.717, 1.165) is 25.3 Å². The van der Waals surface area contributed by atoms with Crippen LogP contribution in [0.3, 0.4) is 0 Å². The van der Waals surface area contributed by atoms with E-state index in [2.05, 4.69) is 22.4 Å². The van der Waals surface area contributed by atoms with Crippen molar-refractivity contribution in [1.29, 1.82) is 5.26 Å². The van der Waals surface area contributed by atoms with Crippen molar-refractivity contribution in [3.63, 3.8) is 0 Å². The number of rotatable bonds is 6. The molecule has 5 nitrogen and oxygen atoms in total. The van der Waals surface area contributed by atoms with Gasteiger partial charge in [0.05, 0.1) is 18.2 Å². The summed E-state index contributed by atoms with van der Waals surface area (Å²) in [5.74, 6) is -0.346. The number of carbonyl (C=O) groups is 1. The minimum atomic E-state index is -4.53. The topological polar surface area (TPSA) is 65.7 Å². The monoisotopic (exact) mass is 345 g/mol. The molecule has 0 aliphatic rings. The van der Waals surface area contributed by atoms with E-state index in [1.54, 1.807) is 6.19 Å². The first-order valence-electron chi connectivity index (χ1n) is 6.39. The van der Waals surface area contributed by atoms with Gasteiger partial charge in [-0.3, -0.25) is 0 Å². The lowest BCUT2D eigenvalue weighted by Crippen LogP contribution is -2.25. The van der Waals surface area contributed by atoms with Crippen LogP contribution in [0, 0.1) is 11.5 Å². The Morgan fingerprint density at radius 2 is 2.22 bits per heavy atom. The zero-order valence-electron chi connectivity index (χ0n) is 12.2. The molecular weight excluding hydrogens is 331 g/mol. The second-order valence-electron chi connectivity index (χ2n) is 4.40. The summed E-state index contributed by atoms with van der Waals surface area (Å²) in [7, 11) is 1.15. The third-order valence-electron chi connectivity index (χ3n) is 2.88. The van der Waals surface area contributed by atoms with Crippen LogP contribution in [0.4, 0.5) is 13.2 Å². The molecule has 1 aromatic carbocycles. The van der Waals surface area contributed by atoms with Gasteiger partial charge in [0.25, 0.3) is 0 Å². The Hall–Kier alpha value is -2.21. The van der Waals surface area contributed by atoms with Crippen LogP contribution in [-0.4, -0.2) is 36.6 Å². The molecule has 0 radical (unpaired) electrons. The molecule has 0 spiro atoms. The molecule has 23 heavy (non-hydrogen) atoms. The number of alkyl halides is 3. The van der Waals surface area contributed by atoms with E-state index in [-0.39, 0.29) is 17.7 Å². The molecule has 1 aromatic rings. The minimum Gasteiger partial charge on any atom is -0.465 e. The molecule has 0 aliphatic heterocycles. The highest BCUT2D eigenvalue weighted by Crippen LogP contribution is 2.31. The second-order valence-corrected chi connectivity index (χ2v) is 4.85. The molecule has 0 bridgehead atoms. The predicted octanol–water partition coefficient (Wildman–Crippen LogP) is 2.73. The summed E-state index contributed by atoms with van der Waals surface area (Å²) in [6.45, 7) is 0.297. The summed E-state index contributed by atoms with van der Waals surface area (Å²) in [6, 6.07) is 2.78. The lowest BCUT2D eigenvalue weighted by molar-refractivity contribution is -0.137. The largest absolute Gasteiger partial charge is 0.465 e. The van der Waals surface area contributed by atoms with Crippen LogP contribution in [-0.2, 0) is 17.5 Å². The van der Waals surface area contributed by atoms with E-state index < -0.39 is 17.7 Å². The molecular formula is C14H14F3N3O2S. The van der Waals surface area contributed by atoms with Crippen LogP contribution < -0.4 is 0 Å². The van der Waals surface area contributed by atoms with Gasteiger partial charge in [-0.25, -0.2) is 4.79 Å². The van der Waals surface area contributed by atoms with Crippen LogP contribution in [0.2, 0.25) is 0 Å². The number of carbonyl (C=O) groups excluding carboxylic acids is 1.